The Balaban J connectivity index is 2.06. The fraction of sp³-hybridized carbons (Fsp3) is 0.423. The van der Waals surface area contributed by atoms with Crippen LogP contribution in [0.1, 0.15) is 57.2 Å². The summed E-state index contributed by atoms with van der Waals surface area (Å²) in [7, 11) is 0. The van der Waals surface area contributed by atoms with Gasteiger partial charge < -0.3 is 15.1 Å². The number of carbonyl (C=O) groups is 1. The summed E-state index contributed by atoms with van der Waals surface area (Å²) in [5.74, 6) is -1.95. The number of rotatable bonds is 3. The van der Waals surface area contributed by atoms with Gasteiger partial charge >= 0.3 is 5.97 Å². The number of aromatic nitrogens is 1. The van der Waals surface area contributed by atoms with Crippen LogP contribution < -0.4 is 20.9 Å². The monoisotopic (exact) mass is 447 g/mol. The topological polar surface area (TPSA) is 87.1 Å². The van der Waals surface area contributed by atoms with Crippen LogP contribution in [0.25, 0.3) is 17.5 Å². The normalized spacial score (nSPS) is 18.5. The van der Waals surface area contributed by atoms with Gasteiger partial charge in [-0.05, 0) is 63.8 Å². The minimum absolute atomic E-state index is 0.0364. The van der Waals surface area contributed by atoms with Gasteiger partial charge in [-0.15, -0.1) is 6.58 Å². The van der Waals surface area contributed by atoms with E-state index >= 15 is 0 Å². The molecule has 2 aromatic rings. The van der Waals surface area contributed by atoms with E-state index in [1.54, 1.807) is 6.08 Å². The van der Waals surface area contributed by atoms with E-state index in [2.05, 4.69) is 56.2 Å². The molecular weight excluding hydrogens is 418 g/mol. The number of nitrogens with zero attached hydrogens (tertiary/aromatic N) is 3. The van der Waals surface area contributed by atoms with E-state index in [1.807, 2.05) is 0 Å². The number of benzene rings is 1. The quantitative estimate of drug-likeness (QED) is 0.707. The van der Waals surface area contributed by atoms with Crippen molar-refractivity contribution in [1.29, 1.82) is 0 Å². The summed E-state index contributed by atoms with van der Waals surface area (Å²) in [4.78, 5) is 30.2. The van der Waals surface area contributed by atoms with Crippen LogP contribution in [0.15, 0.2) is 16.9 Å². The average Bonchev–Trinajstić information content (AvgIpc) is 2.73. The molecule has 1 aromatic carbocycles. The highest BCUT2D eigenvalue weighted by atomic mass is 16.4. The second kappa shape index (κ2) is 7.51. The molecule has 172 valence electrons. The first-order valence-electron chi connectivity index (χ1n) is 11.1. The molecule has 2 aliphatic heterocycles. The van der Waals surface area contributed by atoms with Crippen molar-refractivity contribution in [3.05, 3.63) is 61.0 Å². The second-order valence-corrected chi connectivity index (χ2v) is 10.3. The van der Waals surface area contributed by atoms with Gasteiger partial charge in [0.2, 0.25) is 0 Å². The molecule has 33 heavy (non-hydrogen) atoms. The third kappa shape index (κ3) is 3.60. The van der Waals surface area contributed by atoms with E-state index in [1.165, 1.54) is 16.8 Å². The lowest BCUT2D eigenvalue weighted by atomic mass is 9.69. The Bertz CT molecular complexity index is 1350. The smallest absolute Gasteiger partial charge is 0.323 e. The first kappa shape index (κ1) is 22.7. The van der Waals surface area contributed by atoms with Crippen LogP contribution in [-0.4, -0.2) is 33.8 Å². The van der Waals surface area contributed by atoms with Gasteiger partial charge in [0.25, 0.3) is 11.2 Å². The summed E-state index contributed by atoms with van der Waals surface area (Å²) in [6, 6.07) is 4.19. The summed E-state index contributed by atoms with van der Waals surface area (Å²) in [5.41, 5.74) is 3.57. The maximum absolute atomic E-state index is 13.1. The largest absolute Gasteiger partial charge is 0.503 e. The summed E-state index contributed by atoms with van der Waals surface area (Å²) < 4.78 is 0.717. The number of anilines is 1. The van der Waals surface area contributed by atoms with E-state index in [0.29, 0.717) is 4.57 Å². The Morgan fingerprint density at radius 2 is 1.73 bits per heavy atom. The zero-order valence-electron chi connectivity index (χ0n) is 19.5. The molecule has 0 fully saturated rings. The van der Waals surface area contributed by atoms with Crippen LogP contribution in [0.5, 0.6) is 5.88 Å². The van der Waals surface area contributed by atoms with Gasteiger partial charge in [-0.3, -0.25) is 14.2 Å². The van der Waals surface area contributed by atoms with Crippen molar-refractivity contribution >= 4 is 30.0 Å². The van der Waals surface area contributed by atoms with Gasteiger partial charge in [0.1, 0.15) is 6.54 Å². The highest BCUT2D eigenvalue weighted by Gasteiger charge is 2.39. The summed E-state index contributed by atoms with van der Waals surface area (Å²) in [6.45, 7) is 21.5. The zero-order valence-corrected chi connectivity index (χ0v) is 19.5. The third-order valence-corrected chi connectivity index (χ3v) is 7.19. The van der Waals surface area contributed by atoms with E-state index in [4.69, 9.17) is 6.57 Å². The van der Waals surface area contributed by atoms with Gasteiger partial charge in [0.05, 0.1) is 6.57 Å². The second-order valence-electron chi connectivity index (χ2n) is 10.3. The maximum atomic E-state index is 13.1. The molecule has 4 rings (SSSR count). The summed E-state index contributed by atoms with van der Waals surface area (Å²) in [6.07, 6.45) is 3.72. The van der Waals surface area contributed by atoms with Crippen molar-refractivity contribution in [2.45, 2.75) is 57.9 Å². The molecular formula is C26H29N3O4. The van der Waals surface area contributed by atoms with Crippen molar-refractivity contribution in [2.75, 3.05) is 18.0 Å². The van der Waals surface area contributed by atoms with Crippen LogP contribution in [-0.2, 0) is 22.2 Å². The molecule has 7 nitrogen and oxygen atoms in total. The Morgan fingerprint density at radius 3 is 2.21 bits per heavy atom. The molecule has 7 heteroatoms. The fourth-order valence-electron chi connectivity index (χ4n) is 5.02. The Kier molecular flexibility index (Phi) is 5.16. The Hall–Kier alpha value is -3.53. The van der Waals surface area contributed by atoms with E-state index in [0.717, 1.165) is 31.5 Å². The fourth-order valence-corrected chi connectivity index (χ4v) is 5.02. The SMILES string of the molecule is [C-]#[N+]c1c(O)n(CC(=O)O)c(=O)c(=Cc2cc3c4c(c2)C(C)(C)CCN4CCC3(C)C)c1=C. The van der Waals surface area contributed by atoms with Crippen LogP contribution in [0.2, 0.25) is 0 Å². The minimum atomic E-state index is -1.28. The molecule has 3 heterocycles. The lowest BCUT2D eigenvalue weighted by Crippen LogP contribution is -2.45. The van der Waals surface area contributed by atoms with Gasteiger partial charge in [-0.1, -0.05) is 27.7 Å². The molecule has 1 aromatic heterocycles. The molecule has 0 atom stereocenters. The van der Waals surface area contributed by atoms with Crippen molar-refractivity contribution in [3.63, 3.8) is 0 Å². The summed E-state index contributed by atoms with van der Waals surface area (Å²) in [5, 5.41) is 19.7. The van der Waals surface area contributed by atoms with E-state index in [-0.39, 0.29) is 27.0 Å². The molecule has 0 unspecified atom stereocenters. The number of pyridine rings is 1. The van der Waals surface area contributed by atoms with E-state index in [9.17, 15) is 19.8 Å². The highest BCUT2D eigenvalue weighted by Crippen LogP contribution is 2.49. The molecule has 0 spiro atoms. The van der Waals surface area contributed by atoms with Crippen LogP contribution in [0, 0.1) is 6.57 Å². The van der Waals surface area contributed by atoms with E-state index < -0.39 is 24.0 Å². The zero-order chi connectivity index (χ0) is 24.3. The molecule has 0 bridgehead atoms. The van der Waals surface area contributed by atoms with Gasteiger partial charge in [0, 0.05) is 24.0 Å². The predicted octanol–water partition coefficient (Wildman–Crippen LogP) is 2.60. The lowest BCUT2D eigenvalue weighted by Gasteiger charge is -2.48. The third-order valence-electron chi connectivity index (χ3n) is 7.19. The first-order valence-corrected chi connectivity index (χ1v) is 11.1. The first-order chi connectivity index (χ1) is 15.4. The van der Waals surface area contributed by atoms with Crippen molar-refractivity contribution in [3.8, 4) is 5.88 Å². The highest BCUT2D eigenvalue weighted by molar-refractivity contribution is 5.72. The van der Waals surface area contributed by atoms with Crippen LogP contribution in [0.3, 0.4) is 0 Å². The molecule has 0 saturated carbocycles. The Labute approximate surface area is 192 Å². The van der Waals surface area contributed by atoms with Crippen LogP contribution >= 0.6 is 0 Å². The van der Waals surface area contributed by atoms with Crippen molar-refractivity contribution in [1.82, 2.24) is 4.57 Å². The van der Waals surface area contributed by atoms with Gasteiger partial charge in [-0.25, -0.2) is 4.85 Å². The number of aromatic hydroxyl groups is 1. The predicted molar refractivity (Wildman–Crippen MR) is 129 cm³/mol. The van der Waals surface area contributed by atoms with Gasteiger partial charge in [0.15, 0.2) is 5.88 Å². The molecule has 2 N–H and O–H groups in total. The molecule has 2 aliphatic rings. The molecule has 0 saturated heterocycles. The number of hydrogen-bond donors (Lipinski definition) is 2. The standard InChI is InChI=1S/C26H29N3O4/c1-15-17(23(32)29(14-20(30)31)24(33)21(15)27-6)11-16-12-18-22-19(13-16)26(4,5)8-10-28(22)9-7-25(18,2)3/h11-13,33H,1,7-10,14H2,2-5H3,(H,30,31). The Morgan fingerprint density at radius 1 is 1.18 bits per heavy atom. The maximum Gasteiger partial charge on any atom is 0.323 e. The minimum Gasteiger partial charge on any atom is -0.503 e. The van der Waals surface area contributed by atoms with Crippen molar-refractivity contribution < 1.29 is 15.0 Å². The van der Waals surface area contributed by atoms with Crippen LogP contribution in [0.4, 0.5) is 11.4 Å². The van der Waals surface area contributed by atoms with Crippen molar-refractivity contribution in [2.24, 2.45) is 0 Å². The number of carboxylic acids is 1. The number of hydrogen-bond acceptors (Lipinski definition) is 4. The lowest BCUT2D eigenvalue weighted by molar-refractivity contribution is -0.137. The number of aliphatic carboxylic acids is 1. The molecule has 0 radical (unpaired) electrons. The number of carboxylic acid groups (broad SMARTS) is 1. The summed E-state index contributed by atoms with van der Waals surface area (Å²) >= 11 is 0. The van der Waals surface area contributed by atoms with Gasteiger partial charge in [-0.2, -0.15) is 0 Å². The average molecular weight is 448 g/mol. The molecule has 0 aliphatic carbocycles. The molecule has 0 amide bonds.